The quantitative estimate of drug-likeness (QED) is 0.791. The van der Waals surface area contributed by atoms with E-state index in [0.29, 0.717) is 6.61 Å². The summed E-state index contributed by atoms with van der Waals surface area (Å²) in [4.78, 5) is 6.92. The van der Waals surface area contributed by atoms with Crippen LogP contribution in [0.3, 0.4) is 0 Å². The third-order valence-electron chi connectivity index (χ3n) is 3.96. The van der Waals surface area contributed by atoms with Crippen molar-refractivity contribution in [3.05, 3.63) is 51.5 Å². The van der Waals surface area contributed by atoms with E-state index in [1.54, 1.807) is 11.3 Å². The lowest BCUT2D eigenvalue weighted by atomic mass is 10.1. The number of aliphatic hydroxyl groups excluding tert-OH is 1. The molecule has 0 radical (unpaired) electrons. The maximum absolute atomic E-state index is 9.33. The number of fused-ring (bicyclic) bond motifs is 3. The predicted molar refractivity (Wildman–Crippen MR) is 82.5 cm³/mol. The van der Waals surface area contributed by atoms with Gasteiger partial charge in [-0.3, -0.25) is 0 Å². The molecular weight excluding hydrogens is 284 g/mol. The second kappa shape index (κ2) is 4.94. The van der Waals surface area contributed by atoms with Crippen LogP contribution < -0.4 is 0 Å². The van der Waals surface area contributed by atoms with Gasteiger partial charge < -0.3 is 14.4 Å². The lowest BCUT2D eigenvalue weighted by Crippen LogP contribution is -2.22. The van der Waals surface area contributed by atoms with Gasteiger partial charge >= 0.3 is 0 Å². The largest absolute Gasteiger partial charge is 0.391 e. The first-order chi connectivity index (χ1) is 10.3. The van der Waals surface area contributed by atoms with Crippen molar-refractivity contribution in [2.24, 2.45) is 0 Å². The molecule has 0 spiro atoms. The Labute approximate surface area is 126 Å². The third-order valence-corrected chi connectivity index (χ3v) is 5.01. The van der Waals surface area contributed by atoms with Crippen LogP contribution in [0.15, 0.2) is 30.3 Å². The Balaban J connectivity index is 1.88. The zero-order valence-electron chi connectivity index (χ0n) is 11.7. The Morgan fingerprint density at radius 2 is 2.29 bits per heavy atom. The molecule has 0 saturated carbocycles. The predicted octanol–water partition coefficient (Wildman–Crippen LogP) is 3.02. The molecule has 108 valence electrons. The van der Waals surface area contributed by atoms with Gasteiger partial charge in [-0.05, 0) is 25.1 Å². The van der Waals surface area contributed by atoms with Crippen LogP contribution in [-0.4, -0.2) is 21.3 Å². The van der Waals surface area contributed by atoms with Crippen molar-refractivity contribution < 1.29 is 9.84 Å². The number of imidazole rings is 1. The van der Waals surface area contributed by atoms with E-state index in [4.69, 9.17) is 9.72 Å². The summed E-state index contributed by atoms with van der Waals surface area (Å²) in [6.07, 6.45) is -0.136. The molecule has 3 aromatic rings. The molecule has 5 heteroatoms. The number of thiophene rings is 1. The van der Waals surface area contributed by atoms with Crippen LogP contribution in [0.1, 0.15) is 27.2 Å². The van der Waals surface area contributed by atoms with Crippen molar-refractivity contribution in [1.82, 2.24) is 9.55 Å². The number of benzene rings is 1. The monoisotopic (exact) mass is 300 g/mol. The summed E-state index contributed by atoms with van der Waals surface area (Å²) >= 11 is 1.62. The van der Waals surface area contributed by atoms with Gasteiger partial charge in [0.25, 0.3) is 0 Å². The maximum Gasteiger partial charge on any atom is 0.143 e. The molecule has 4 nitrogen and oxygen atoms in total. The molecule has 0 fully saturated rings. The smallest absolute Gasteiger partial charge is 0.143 e. The van der Waals surface area contributed by atoms with E-state index in [9.17, 15) is 5.11 Å². The lowest BCUT2D eigenvalue weighted by Gasteiger charge is -2.24. The topological polar surface area (TPSA) is 47.3 Å². The van der Waals surface area contributed by atoms with Gasteiger partial charge in [0.2, 0.25) is 0 Å². The number of hydrogen-bond acceptors (Lipinski definition) is 4. The Morgan fingerprint density at radius 3 is 3.10 bits per heavy atom. The first kappa shape index (κ1) is 13.0. The number of rotatable bonds is 2. The second-order valence-electron chi connectivity index (χ2n) is 5.24. The van der Waals surface area contributed by atoms with Crippen LogP contribution in [0.5, 0.6) is 0 Å². The van der Waals surface area contributed by atoms with Crippen molar-refractivity contribution in [2.75, 3.05) is 6.61 Å². The molecule has 1 aliphatic heterocycles. The number of aryl methyl sites for hydroxylation is 1. The van der Waals surface area contributed by atoms with E-state index in [-0.39, 0.29) is 12.7 Å². The molecule has 1 unspecified atom stereocenters. The average Bonchev–Trinajstić information content (AvgIpc) is 3.07. The number of para-hydroxylation sites is 2. The highest BCUT2D eigenvalue weighted by atomic mass is 32.1. The van der Waals surface area contributed by atoms with Crippen molar-refractivity contribution in [3.8, 4) is 0 Å². The van der Waals surface area contributed by atoms with Gasteiger partial charge in [0, 0.05) is 21.9 Å². The van der Waals surface area contributed by atoms with Gasteiger partial charge in [-0.2, -0.15) is 0 Å². The van der Waals surface area contributed by atoms with Crippen molar-refractivity contribution in [3.63, 3.8) is 0 Å². The second-order valence-corrected chi connectivity index (χ2v) is 6.58. The number of aliphatic hydroxyl groups is 1. The lowest BCUT2D eigenvalue weighted by molar-refractivity contribution is 0.0441. The summed E-state index contributed by atoms with van der Waals surface area (Å²) in [7, 11) is 0. The van der Waals surface area contributed by atoms with Gasteiger partial charge in [0.15, 0.2) is 0 Å². The highest BCUT2D eigenvalue weighted by molar-refractivity contribution is 7.12. The molecule has 0 aliphatic carbocycles. The molecule has 4 rings (SSSR count). The molecule has 0 bridgehead atoms. The van der Waals surface area contributed by atoms with E-state index in [2.05, 4.69) is 17.6 Å². The van der Waals surface area contributed by atoms with Crippen LogP contribution in [-0.2, 0) is 17.9 Å². The molecule has 1 N–H and O–H groups in total. The SMILES string of the molecule is Cc1sc(CO)cc1C1OCCn2c1nc1ccccc12. The summed E-state index contributed by atoms with van der Waals surface area (Å²) in [5.74, 6) is 0.966. The number of nitrogens with zero attached hydrogens (tertiary/aromatic N) is 2. The summed E-state index contributed by atoms with van der Waals surface area (Å²) < 4.78 is 8.25. The van der Waals surface area contributed by atoms with Gasteiger partial charge in [-0.25, -0.2) is 4.98 Å². The van der Waals surface area contributed by atoms with Gasteiger partial charge in [0.05, 0.1) is 24.2 Å². The molecule has 1 aromatic carbocycles. The fourth-order valence-corrected chi connectivity index (χ4v) is 3.92. The summed E-state index contributed by atoms with van der Waals surface area (Å²) in [5.41, 5.74) is 3.30. The molecular formula is C16H16N2O2S. The average molecular weight is 300 g/mol. The molecule has 3 heterocycles. The highest BCUT2D eigenvalue weighted by Crippen LogP contribution is 2.36. The van der Waals surface area contributed by atoms with Crippen molar-refractivity contribution >= 4 is 22.4 Å². The zero-order chi connectivity index (χ0) is 14.4. The van der Waals surface area contributed by atoms with Crippen LogP contribution in [0, 0.1) is 6.92 Å². The Hall–Kier alpha value is -1.69. The standard InChI is InChI=1S/C16H16N2O2S/c1-10-12(8-11(9-19)21-10)15-16-17-13-4-2-3-5-14(13)18(16)6-7-20-15/h2-5,8,15,19H,6-7,9H2,1H3. The first-order valence-electron chi connectivity index (χ1n) is 7.05. The zero-order valence-corrected chi connectivity index (χ0v) is 12.6. The van der Waals surface area contributed by atoms with E-state index >= 15 is 0 Å². The number of hydrogen-bond donors (Lipinski definition) is 1. The molecule has 1 aliphatic rings. The van der Waals surface area contributed by atoms with E-state index in [1.165, 1.54) is 4.88 Å². The van der Waals surface area contributed by atoms with Gasteiger partial charge in [0.1, 0.15) is 11.9 Å². The van der Waals surface area contributed by atoms with Crippen molar-refractivity contribution in [1.29, 1.82) is 0 Å². The van der Waals surface area contributed by atoms with E-state index in [1.807, 2.05) is 24.3 Å². The molecule has 0 saturated heterocycles. The molecule has 0 amide bonds. The first-order valence-corrected chi connectivity index (χ1v) is 7.86. The minimum atomic E-state index is -0.136. The molecule has 21 heavy (non-hydrogen) atoms. The van der Waals surface area contributed by atoms with E-state index < -0.39 is 0 Å². The Bertz CT molecular complexity index is 806. The summed E-state index contributed by atoms with van der Waals surface area (Å²) in [5, 5.41) is 9.33. The fourth-order valence-electron chi connectivity index (χ4n) is 2.99. The van der Waals surface area contributed by atoms with Crippen LogP contribution >= 0.6 is 11.3 Å². The van der Waals surface area contributed by atoms with Crippen molar-refractivity contribution in [2.45, 2.75) is 26.2 Å². The third kappa shape index (κ3) is 2.00. The minimum Gasteiger partial charge on any atom is -0.391 e. The maximum atomic E-state index is 9.33. The Morgan fingerprint density at radius 1 is 1.43 bits per heavy atom. The molecule has 2 aromatic heterocycles. The van der Waals surface area contributed by atoms with Crippen LogP contribution in [0.25, 0.3) is 11.0 Å². The van der Waals surface area contributed by atoms with Gasteiger partial charge in [-0.15, -0.1) is 11.3 Å². The summed E-state index contributed by atoms with van der Waals surface area (Å²) in [6, 6.07) is 10.2. The van der Waals surface area contributed by atoms with Crippen LogP contribution in [0.2, 0.25) is 0 Å². The van der Waals surface area contributed by atoms with Gasteiger partial charge in [-0.1, -0.05) is 12.1 Å². The number of ether oxygens (including phenoxy) is 1. The minimum absolute atomic E-state index is 0.0780. The normalized spacial score (nSPS) is 18.1. The number of aromatic nitrogens is 2. The van der Waals surface area contributed by atoms with E-state index in [0.717, 1.165) is 33.8 Å². The van der Waals surface area contributed by atoms with Crippen LogP contribution in [0.4, 0.5) is 0 Å². The fraction of sp³-hybridized carbons (Fsp3) is 0.312. The molecule has 1 atom stereocenters. The Kier molecular flexibility index (Phi) is 3.06. The summed E-state index contributed by atoms with van der Waals surface area (Å²) in [6.45, 7) is 3.67. The highest BCUT2D eigenvalue weighted by Gasteiger charge is 2.28.